The molecule has 0 amide bonds. The fourth-order valence-corrected chi connectivity index (χ4v) is 3.71. The van der Waals surface area contributed by atoms with Gasteiger partial charge >= 0.3 is 0 Å². The van der Waals surface area contributed by atoms with E-state index in [0.717, 1.165) is 11.3 Å². The van der Waals surface area contributed by atoms with Crippen molar-refractivity contribution in [2.24, 2.45) is 0 Å². The van der Waals surface area contributed by atoms with E-state index in [1.807, 2.05) is 79.7 Å². The first-order chi connectivity index (χ1) is 12.5. The highest BCUT2D eigenvalue weighted by Crippen LogP contribution is 2.27. The second-order valence-corrected chi connectivity index (χ2v) is 7.92. The lowest BCUT2D eigenvalue weighted by molar-refractivity contribution is 0.412. The van der Waals surface area contributed by atoms with Crippen molar-refractivity contribution in [2.75, 3.05) is 27.2 Å². The first-order valence-electron chi connectivity index (χ1n) is 8.32. The third kappa shape index (κ3) is 4.19. The lowest BCUT2D eigenvalue weighted by atomic mass is 10.2. The van der Waals surface area contributed by atoms with Crippen molar-refractivity contribution in [2.45, 2.75) is 4.90 Å². The van der Waals surface area contributed by atoms with E-state index >= 15 is 0 Å². The highest BCUT2D eigenvalue weighted by molar-refractivity contribution is 7.89. The average molecular weight is 370 g/mol. The van der Waals surface area contributed by atoms with Gasteiger partial charge in [0.15, 0.2) is 0 Å². The van der Waals surface area contributed by atoms with Crippen molar-refractivity contribution in [3.63, 3.8) is 0 Å². The van der Waals surface area contributed by atoms with Crippen LogP contribution in [0.3, 0.4) is 0 Å². The van der Waals surface area contributed by atoms with Crippen LogP contribution in [0.15, 0.2) is 71.8 Å². The summed E-state index contributed by atoms with van der Waals surface area (Å²) < 4.78 is 30.0. The normalized spacial score (nSPS) is 11.8. The Morgan fingerprint density at radius 3 is 2.23 bits per heavy atom. The number of nitrogens with one attached hydrogen (secondary N) is 1. The van der Waals surface area contributed by atoms with Crippen LogP contribution < -0.4 is 4.72 Å². The highest BCUT2D eigenvalue weighted by atomic mass is 32.2. The topological polar surface area (TPSA) is 67.2 Å². The number of likely N-dealkylation sites (N-methyl/N-ethyl adjacent to an activating group) is 1. The van der Waals surface area contributed by atoms with Crippen LogP contribution in [0.1, 0.15) is 0 Å². The Balaban J connectivity index is 2.04. The van der Waals surface area contributed by atoms with Gasteiger partial charge in [0.05, 0.1) is 11.9 Å². The van der Waals surface area contributed by atoms with Crippen LogP contribution in [0.25, 0.3) is 16.9 Å². The molecule has 26 heavy (non-hydrogen) atoms. The fourth-order valence-electron chi connectivity index (χ4n) is 2.55. The van der Waals surface area contributed by atoms with E-state index < -0.39 is 10.0 Å². The number of hydrogen-bond donors (Lipinski definition) is 1. The van der Waals surface area contributed by atoms with Gasteiger partial charge < -0.3 is 4.90 Å². The number of hydrogen-bond acceptors (Lipinski definition) is 4. The molecule has 6 nitrogen and oxygen atoms in total. The summed E-state index contributed by atoms with van der Waals surface area (Å²) in [7, 11) is 0.118. The van der Waals surface area contributed by atoms with E-state index in [1.54, 1.807) is 10.9 Å². The highest BCUT2D eigenvalue weighted by Gasteiger charge is 2.23. The van der Waals surface area contributed by atoms with E-state index in [2.05, 4.69) is 9.82 Å². The number of benzene rings is 2. The van der Waals surface area contributed by atoms with Crippen molar-refractivity contribution in [3.8, 4) is 16.9 Å². The molecule has 0 radical (unpaired) electrons. The van der Waals surface area contributed by atoms with Gasteiger partial charge in [0, 0.05) is 18.7 Å². The lowest BCUT2D eigenvalue weighted by Crippen LogP contribution is -2.31. The molecular formula is C19H22N4O2S. The van der Waals surface area contributed by atoms with Gasteiger partial charge in [0.25, 0.3) is 0 Å². The molecule has 3 rings (SSSR count). The van der Waals surface area contributed by atoms with Crippen molar-refractivity contribution >= 4 is 10.0 Å². The summed E-state index contributed by atoms with van der Waals surface area (Å²) in [5, 5.41) is 4.55. The van der Waals surface area contributed by atoms with Gasteiger partial charge in [-0.3, -0.25) is 0 Å². The molecule has 1 aromatic heterocycles. The summed E-state index contributed by atoms with van der Waals surface area (Å²) in [6.45, 7) is 0.951. The maximum Gasteiger partial charge on any atom is 0.244 e. The molecule has 3 aromatic rings. The van der Waals surface area contributed by atoms with Gasteiger partial charge in [-0.05, 0) is 26.2 Å². The number of para-hydroxylation sites is 1. The van der Waals surface area contributed by atoms with Crippen LogP contribution in [-0.4, -0.2) is 50.3 Å². The Hall–Kier alpha value is -2.48. The van der Waals surface area contributed by atoms with Crippen molar-refractivity contribution in [3.05, 3.63) is 66.9 Å². The van der Waals surface area contributed by atoms with Crippen molar-refractivity contribution in [1.29, 1.82) is 0 Å². The molecule has 0 saturated heterocycles. The minimum Gasteiger partial charge on any atom is -0.308 e. The van der Waals surface area contributed by atoms with E-state index in [4.69, 9.17) is 0 Å². The number of rotatable bonds is 7. The summed E-state index contributed by atoms with van der Waals surface area (Å²) >= 11 is 0. The molecule has 0 spiro atoms. The summed E-state index contributed by atoms with van der Waals surface area (Å²) in [6, 6.07) is 18.8. The molecule has 0 aliphatic heterocycles. The van der Waals surface area contributed by atoms with E-state index in [9.17, 15) is 8.42 Å². The maximum absolute atomic E-state index is 12.9. The smallest absolute Gasteiger partial charge is 0.244 e. The SMILES string of the molecule is CN(C)CCNS(=O)(=O)c1cn(-c2ccccc2)nc1-c1ccccc1. The summed E-state index contributed by atoms with van der Waals surface area (Å²) in [5.74, 6) is 0. The van der Waals surface area contributed by atoms with Gasteiger partial charge in [-0.25, -0.2) is 17.8 Å². The Bertz CT molecular complexity index is 952. The van der Waals surface area contributed by atoms with Crippen LogP contribution in [0.2, 0.25) is 0 Å². The second kappa shape index (κ2) is 7.82. The maximum atomic E-state index is 12.9. The van der Waals surface area contributed by atoms with Gasteiger partial charge in [-0.15, -0.1) is 0 Å². The third-order valence-corrected chi connectivity index (χ3v) is 5.35. The lowest BCUT2D eigenvalue weighted by Gasteiger charge is -2.10. The molecular weight excluding hydrogens is 348 g/mol. The fraction of sp³-hybridized carbons (Fsp3) is 0.211. The molecule has 7 heteroatoms. The minimum absolute atomic E-state index is 0.173. The molecule has 1 N–H and O–H groups in total. The average Bonchev–Trinajstić information content (AvgIpc) is 3.09. The van der Waals surface area contributed by atoms with E-state index in [0.29, 0.717) is 18.8 Å². The summed E-state index contributed by atoms with van der Waals surface area (Å²) in [6.07, 6.45) is 1.57. The molecule has 0 aliphatic rings. The zero-order valence-corrected chi connectivity index (χ0v) is 15.6. The predicted molar refractivity (Wildman–Crippen MR) is 103 cm³/mol. The standard InChI is InChI=1S/C19H22N4O2S/c1-22(2)14-13-20-26(24,25)18-15-23(17-11-7-4-8-12-17)21-19(18)16-9-5-3-6-10-16/h3-12,15,20H,13-14H2,1-2H3. The first kappa shape index (κ1) is 18.3. The molecule has 0 fully saturated rings. The number of nitrogens with zero attached hydrogens (tertiary/aromatic N) is 3. The van der Waals surface area contributed by atoms with E-state index in [-0.39, 0.29) is 4.90 Å². The largest absolute Gasteiger partial charge is 0.308 e. The van der Waals surface area contributed by atoms with Gasteiger partial charge in [-0.1, -0.05) is 48.5 Å². The molecule has 2 aromatic carbocycles. The quantitative estimate of drug-likeness (QED) is 0.693. The zero-order valence-electron chi connectivity index (χ0n) is 14.8. The molecule has 0 unspecified atom stereocenters. The predicted octanol–water partition coefficient (Wildman–Crippen LogP) is 2.38. The summed E-state index contributed by atoms with van der Waals surface area (Å²) in [5.41, 5.74) is 2.00. The molecule has 1 heterocycles. The Morgan fingerprint density at radius 2 is 1.62 bits per heavy atom. The first-order valence-corrected chi connectivity index (χ1v) is 9.80. The monoisotopic (exact) mass is 370 g/mol. The van der Waals surface area contributed by atoms with Crippen LogP contribution in [0.4, 0.5) is 0 Å². The second-order valence-electron chi connectivity index (χ2n) is 6.19. The molecule has 0 saturated carbocycles. The van der Waals surface area contributed by atoms with Crippen LogP contribution in [-0.2, 0) is 10.0 Å². The Morgan fingerprint density at radius 1 is 1.00 bits per heavy atom. The third-order valence-electron chi connectivity index (χ3n) is 3.89. The Labute approximate surface area is 154 Å². The van der Waals surface area contributed by atoms with Gasteiger partial charge in [0.1, 0.15) is 10.6 Å². The van der Waals surface area contributed by atoms with Crippen molar-refractivity contribution < 1.29 is 8.42 Å². The molecule has 0 bridgehead atoms. The molecule has 0 atom stereocenters. The molecule has 136 valence electrons. The van der Waals surface area contributed by atoms with Gasteiger partial charge in [-0.2, -0.15) is 5.10 Å². The van der Waals surface area contributed by atoms with Crippen LogP contribution in [0.5, 0.6) is 0 Å². The molecule has 0 aliphatic carbocycles. The zero-order chi connectivity index (χ0) is 18.6. The minimum atomic E-state index is -3.68. The number of sulfonamides is 1. The number of aromatic nitrogens is 2. The van der Waals surface area contributed by atoms with Crippen molar-refractivity contribution in [1.82, 2.24) is 19.4 Å². The van der Waals surface area contributed by atoms with E-state index in [1.165, 1.54) is 0 Å². The van der Waals surface area contributed by atoms with Crippen LogP contribution >= 0.6 is 0 Å². The summed E-state index contributed by atoms with van der Waals surface area (Å²) in [4.78, 5) is 2.10. The van der Waals surface area contributed by atoms with Gasteiger partial charge in [0.2, 0.25) is 10.0 Å². The van der Waals surface area contributed by atoms with Crippen LogP contribution in [0, 0.1) is 0 Å². The Kier molecular flexibility index (Phi) is 5.51.